The highest BCUT2D eigenvalue weighted by Crippen LogP contribution is 2.30. The van der Waals surface area contributed by atoms with Crippen molar-refractivity contribution in [3.05, 3.63) is 58.1 Å². The van der Waals surface area contributed by atoms with Crippen LogP contribution >= 0.6 is 23.2 Å². The van der Waals surface area contributed by atoms with Crippen LogP contribution in [0.2, 0.25) is 10.0 Å². The molecule has 4 rings (SSSR count). The van der Waals surface area contributed by atoms with Gasteiger partial charge in [-0.1, -0.05) is 23.2 Å². The van der Waals surface area contributed by atoms with Gasteiger partial charge in [-0.25, -0.2) is 8.42 Å². The summed E-state index contributed by atoms with van der Waals surface area (Å²) in [6, 6.07) is 10.7. The van der Waals surface area contributed by atoms with Gasteiger partial charge in [-0.2, -0.15) is 0 Å². The minimum atomic E-state index is -3.96. The molecule has 160 valence electrons. The lowest BCUT2D eigenvalue weighted by Gasteiger charge is -2.34. The molecule has 6 nitrogen and oxygen atoms in total. The van der Waals surface area contributed by atoms with Crippen molar-refractivity contribution in [1.29, 1.82) is 0 Å². The first-order valence-electron chi connectivity index (χ1n) is 9.91. The highest BCUT2D eigenvalue weighted by molar-refractivity contribution is 7.92. The molecule has 1 saturated heterocycles. The van der Waals surface area contributed by atoms with Crippen molar-refractivity contribution >= 4 is 44.8 Å². The summed E-state index contributed by atoms with van der Waals surface area (Å²) in [7, 11) is -3.96. The SMILES string of the molecule is O=C(c1ccc(Cl)c(S(=O)(=O)Nc2ccc(Cl)cc2)c1)N1CCN(CC2CC2)CC1. The molecule has 2 aliphatic rings. The maximum Gasteiger partial charge on any atom is 0.263 e. The number of carbonyl (C=O) groups excluding carboxylic acids is 1. The lowest BCUT2D eigenvalue weighted by atomic mass is 10.1. The number of anilines is 1. The van der Waals surface area contributed by atoms with Gasteiger partial charge in [0.15, 0.2) is 0 Å². The van der Waals surface area contributed by atoms with Crippen molar-refractivity contribution in [3.63, 3.8) is 0 Å². The number of amides is 1. The van der Waals surface area contributed by atoms with E-state index in [1.807, 2.05) is 0 Å². The summed E-state index contributed by atoms with van der Waals surface area (Å²) in [5.74, 6) is 0.644. The van der Waals surface area contributed by atoms with E-state index in [0.717, 1.165) is 25.6 Å². The molecule has 2 fully saturated rings. The van der Waals surface area contributed by atoms with Gasteiger partial charge in [-0.3, -0.25) is 14.4 Å². The van der Waals surface area contributed by atoms with Gasteiger partial charge in [0.1, 0.15) is 4.90 Å². The van der Waals surface area contributed by atoms with Crippen molar-refractivity contribution < 1.29 is 13.2 Å². The predicted molar refractivity (Wildman–Crippen MR) is 119 cm³/mol. The van der Waals surface area contributed by atoms with Gasteiger partial charge in [0.25, 0.3) is 15.9 Å². The summed E-state index contributed by atoms with van der Waals surface area (Å²) in [4.78, 5) is 17.0. The Bertz CT molecular complexity index is 1030. The van der Waals surface area contributed by atoms with Crippen molar-refractivity contribution in [2.24, 2.45) is 5.92 Å². The maximum absolute atomic E-state index is 13.0. The van der Waals surface area contributed by atoms with Gasteiger partial charge in [-0.15, -0.1) is 0 Å². The van der Waals surface area contributed by atoms with Gasteiger partial charge >= 0.3 is 0 Å². The van der Waals surface area contributed by atoms with Crippen LogP contribution in [0, 0.1) is 5.92 Å². The molecule has 0 spiro atoms. The van der Waals surface area contributed by atoms with Crippen LogP contribution < -0.4 is 4.72 Å². The summed E-state index contributed by atoms with van der Waals surface area (Å²) >= 11 is 12.0. The van der Waals surface area contributed by atoms with E-state index in [-0.39, 0.29) is 15.8 Å². The molecule has 1 N–H and O–H groups in total. The second-order valence-electron chi connectivity index (χ2n) is 7.79. The Kier molecular flexibility index (Phi) is 6.25. The molecule has 30 heavy (non-hydrogen) atoms. The van der Waals surface area contributed by atoms with Crippen LogP contribution in [0.5, 0.6) is 0 Å². The molecule has 1 amide bonds. The Morgan fingerprint density at radius 3 is 2.30 bits per heavy atom. The normalized spacial score (nSPS) is 17.7. The summed E-state index contributed by atoms with van der Waals surface area (Å²) in [6.07, 6.45) is 2.62. The van der Waals surface area contributed by atoms with Gasteiger partial charge in [0.2, 0.25) is 0 Å². The van der Waals surface area contributed by atoms with Crippen LogP contribution in [0.4, 0.5) is 5.69 Å². The third-order valence-corrected chi connectivity index (χ3v) is 7.55. The number of nitrogens with one attached hydrogen (secondary N) is 1. The zero-order valence-corrected chi connectivity index (χ0v) is 18.7. The van der Waals surface area contributed by atoms with E-state index >= 15 is 0 Å². The third kappa shape index (κ3) is 5.09. The van der Waals surface area contributed by atoms with Crippen molar-refractivity contribution in [2.45, 2.75) is 17.7 Å². The first-order valence-corrected chi connectivity index (χ1v) is 12.2. The lowest BCUT2D eigenvalue weighted by Crippen LogP contribution is -2.49. The van der Waals surface area contributed by atoms with E-state index in [4.69, 9.17) is 23.2 Å². The topological polar surface area (TPSA) is 69.7 Å². The molecule has 0 unspecified atom stereocenters. The van der Waals surface area contributed by atoms with Crippen LogP contribution in [0.25, 0.3) is 0 Å². The summed E-state index contributed by atoms with van der Waals surface area (Å²) in [5, 5.41) is 0.558. The first-order chi connectivity index (χ1) is 14.3. The number of piperazine rings is 1. The minimum absolute atomic E-state index is 0.0577. The number of hydrogen-bond donors (Lipinski definition) is 1. The summed E-state index contributed by atoms with van der Waals surface area (Å²) < 4.78 is 28.2. The van der Waals surface area contributed by atoms with Crippen molar-refractivity contribution in [1.82, 2.24) is 9.80 Å². The molecular formula is C21H23Cl2N3O3S. The molecule has 0 atom stereocenters. The van der Waals surface area contributed by atoms with E-state index in [9.17, 15) is 13.2 Å². The number of benzene rings is 2. The average molecular weight is 468 g/mol. The summed E-state index contributed by atoms with van der Waals surface area (Å²) in [5.41, 5.74) is 0.672. The van der Waals surface area contributed by atoms with Gasteiger partial charge in [0, 0.05) is 49.0 Å². The molecule has 0 aromatic heterocycles. The van der Waals surface area contributed by atoms with E-state index in [0.29, 0.717) is 29.4 Å². The van der Waals surface area contributed by atoms with E-state index < -0.39 is 10.0 Å². The standard InChI is InChI=1S/C21H23Cl2N3O3S/c22-17-4-6-18(7-5-17)24-30(28,29)20-13-16(3-8-19(20)23)21(27)26-11-9-25(10-12-26)14-15-1-2-15/h3-8,13,15,24H,1-2,9-12,14H2. The average Bonchev–Trinajstić information content (AvgIpc) is 3.54. The highest BCUT2D eigenvalue weighted by Gasteiger charge is 2.28. The van der Waals surface area contributed by atoms with E-state index in [1.54, 1.807) is 35.2 Å². The van der Waals surface area contributed by atoms with Crippen LogP contribution in [0.1, 0.15) is 23.2 Å². The predicted octanol–water partition coefficient (Wildman–Crippen LogP) is 3.96. The van der Waals surface area contributed by atoms with Crippen molar-refractivity contribution in [2.75, 3.05) is 37.4 Å². The number of carbonyl (C=O) groups is 1. The Labute approximate surface area is 186 Å². The van der Waals surface area contributed by atoms with Crippen LogP contribution in [0.15, 0.2) is 47.4 Å². The fraction of sp³-hybridized carbons (Fsp3) is 0.381. The van der Waals surface area contributed by atoms with Crippen LogP contribution in [-0.4, -0.2) is 56.8 Å². The van der Waals surface area contributed by atoms with E-state index in [1.165, 1.54) is 25.0 Å². The van der Waals surface area contributed by atoms with Crippen LogP contribution in [-0.2, 0) is 10.0 Å². The Morgan fingerprint density at radius 2 is 1.67 bits per heavy atom. The molecule has 9 heteroatoms. The molecule has 1 saturated carbocycles. The monoisotopic (exact) mass is 467 g/mol. The van der Waals surface area contributed by atoms with Crippen LogP contribution in [0.3, 0.4) is 0 Å². The first kappa shape index (κ1) is 21.4. The molecule has 0 radical (unpaired) electrons. The highest BCUT2D eigenvalue weighted by atomic mass is 35.5. The summed E-state index contributed by atoms with van der Waals surface area (Å²) in [6.45, 7) is 4.08. The molecule has 1 aliphatic heterocycles. The Morgan fingerprint density at radius 1 is 1.00 bits per heavy atom. The number of nitrogens with zero attached hydrogens (tertiary/aromatic N) is 2. The van der Waals surface area contributed by atoms with Gasteiger partial charge in [0.05, 0.1) is 5.02 Å². The van der Waals surface area contributed by atoms with Gasteiger partial charge in [-0.05, 0) is 61.2 Å². The zero-order valence-electron chi connectivity index (χ0n) is 16.4. The number of halogens is 2. The minimum Gasteiger partial charge on any atom is -0.336 e. The quantitative estimate of drug-likeness (QED) is 0.697. The lowest BCUT2D eigenvalue weighted by molar-refractivity contribution is 0.0632. The smallest absolute Gasteiger partial charge is 0.263 e. The maximum atomic E-state index is 13.0. The number of rotatable bonds is 6. The van der Waals surface area contributed by atoms with Gasteiger partial charge < -0.3 is 4.90 Å². The molecule has 1 heterocycles. The fourth-order valence-corrected chi connectivity index (χ4v) is 5.26. The Balaban J connectivity index is 1.48. The fourth-order valence-electron chi connectivity index (χ4n) is 3.55. The van der Waals surface area contributed by atoms with Crippen molar-refractivity contribution in [3.8, 4) is 0 Å². The number of hydrogen-bond acceptors (Lipinski definition) is 4. The zero-order chi connectivity index (χ0) is 21.3. The molecule has 1 aliphatic carbocycles. The Hall–Kier alpha value is -1.80. The number of sulfonamides is 1. The molecular weight excluding hydrogens is 445 g/mol. The molecule has 2 aromatic rings. The van der Waals surface area contributed by atoms with E-state index in [2.05, 4.69) is 9.62 Å². The second kappa shape index (κ2) is 8.75. The largest absolute Gasteiger partial charge is 0.336 e. The second-order valence-corrected chi connectivity index (χ2v) is 10.3. The molecule has 2 aromatic carbocycles. The molecule has 0 bridgehead atoms. The third-order valence-electron chi connectivity index (χ3n) is 5.44.